The highest BCUT2D eigenvalue weighted by Gasteiger charge is 2.34. The molecule has 2 aromatic rings. The molecule has 9 heteroatoms. The van der Waals surface area contributed by atoms with E-state index < -0.39 is 17.6 Å². The number of hydrogen-bond acceptors (Lipinski definition) is 6. The molecule has 1 fully saturated rings. The summed E-state index contributed by atoms with van der Waals surface area (Å²) in [5.41, 5.74) is 8.50. The first kappa shape index (κ1) is 21.3. The second kappa shape index (κ2) is 8.54. The molecule has 1 aromatic heterocycles. The molecular weight excluding hydrogens is 383 g/mol. The van der Waals surface area contributed by atoms with Crippen molar-refractivity contribution in [3.63, 3.8) is 0 Å². The van der Waals surface area contributed by atoms with Crippen LogP contribution in [-0.4, -0.2) is 46.2 Å². The van der Waals surface area contributed by atoms with Gasteiger partial charge >= 0.3 is 6.18 Å². The highest BCUT2D eigenvalue weighted by atomic mass is 19.4. The van der Waals surface area contributed by atoms with E-state index >= 15 is 0 Å². The molecule has 4 N–H and O–H groups in total. The molecule has 0 unspecified atom stereocenters. The van der Waals surface area contributed by atoms with Crippen molar-refractivity contribution in [3.05, 3.63) is 40.6 Å². The highest BCUT2D eigenvalue weighted by molar-refractivity contribution is 5.62. The summed E-state index contributed by atoms with van der Waals surface area (Å²) in [5.74, 6) is -0.116. The van der Waals surface area contributed by atoms with E-state index in [-0.39, 0.29) is 12.6 Å². The largest absolute Gasteiger partial charge is 0.421 e. The molecule has 0 atom stereocenters. The van der Waals surface area contributed by atoms with Gasteiger partial charge in [-0.15, -0.1) is 0 Å². The summed E-state index contributed by atoms with van der Waals surface area (Å²) in [4.78, 5) is 9.78. The van der Waals surface area contributed by atoms with Crippen LogP contribution in [0.15, 0.2) is 18.3 Å². The van der Waals surface area contributed by atoms with Gasteiger partial charge in [-0.3, -0.25) is 0 Å². The number of benzene rings is 1. The second-order valence-electron chi connectivity index (χ2n) is 7.48. The highest BCUT2D eigenvalue weighted by Crippen LogP contribution is 2.35. The van der Waals surface area contributed by atoms with E-state index in [1.165, 1.54) is 5.56 Å². The van der Waals surface area contributed by atoms with Crippen molar-refractivity contribution in [1.82, 2.24) is 14.9 Å². The first-order valence-corrected chi connectivity index (χ1v) is 9.60. The quantitative estimate of drug-likeness (QED) is 0.699. The molecule has 1 aliphatic heterocycles. The summed E-state index contributed by atoms with van der Waals surface area (Å²) in [6.45, 7) is 6.79. The number of piperidine rings is 1. The Balaban J connectivity index is 1.76. The average molecular weight is 409 g/mol. The third kappa shape index (κ3) is 4.97. The predicted molar refractivity (Wildman–Crippen MR) is 106 cm³/mol. The van der Waals surface area contributed by atoms with Crippen LogP contribution in [0.1, 0.15) is 41.0 Å². The number of nitrogens with two attached hydrogens (primary N) is 1. The number of nitrogen functional groups attached to an aromatic ring is 1. The number of rotatable bonds is 5. The number of aliphatic hydroxyl groups excluding tert-OH is 1. The number of halogens is 3. The van der Waals surface area contributed by atoms with Gasteiger partial charge in [0.25, 0.3) is 0 Å². The minimum atomic E-state index is -4.58. The van der Waals surface area contributed by atoms with E-state index in [0.717, 1.165) is 42.7 Å². The summed E-state index contributed by atoms with van der Waals surface area (Å²) in [6.07, 6.45) is -1.82. The van der Waals surface area contributed by atoms with Crippen molar-refractivity contribution in [1.29, 1.82) is 0 Å². The molecule has 0 aliphatic carbocycles. The number of aryl methyl sites for hydroxylation is 2. The van der Waals surface area contributed by atoms with Gasteiger partial charge in [0.2, 0.25) is 5.95 Å². The van der Waals surface area contributed by atoms with Gasteiger partial charge in [0.05, 0.1) is 6.61 Å². The molecule has 1 saturated heterocycles. The van der Waals surface area contributed by atoms with Crippen LogP contribution < -0.4 is 11.1 Å². The van der Waals surface area contributed by atoms with E-state index in [1.807, 2.05) is 19.9 Å². The molecule has 1 aromatic carbocycles. The summed E-state index contributed by atoms with van der Waals surface area (Å²) in [7, 11) is 0. The van der Waals surface area contributed by atoms with Gasteiger partial charge in [0.15, 0.2) is 0 Å². The second-order valence-corrected chi connectivity index (χ2v) is 7.48. The van der Waals surface area contributed by atoms with Crippen LogP contribution in [0.5, 0.6) is 0 Å². The molecule has 29 heavy (non-hydrogen) atoms. The van der Waals surface area contributed by atoms with Gasteiger partial charge in [-0.25, -0.2) is 4.98 Å². The van der Waals surface area contributed by atoms with E-state index in [9.17, 15) is 13.2 Å². The Hall–Kier alpha value is -2.39. The molecular formula is C20H26F3N5O. The number of aliphatic hydroxyl groups is 1. The van der Waals surface area contributed by atoms with E-state index in [4.69, 9.17) is 10.8 Å². The summed E-state index contributed by atoms with van der Waals surface area (Å²) in [6, 6.07) is 4.10. The zero-order valence-corrected chi connectivity index (χ0v) is 16.6. The lowest BCUT2D eigenvalue weighted by molar-refractivity contribution is -0.137. The number of nitrogens with one attached hydrogen (secondary N) is 1. The standard InChI is InChI=1S/C20H26F3N5O/c1-12-10-17(26-19-25-11-16(18(24)27-19)20(21,22)23)13(2)9-15(12)14-3-5-28(6-4-14)7-8-29/h9-11,14,29H,3-8H2,1-2H3,(H3,24,25,26,27). The van der Waals surface area contributed by atoms with Crippen LogP contribution in [0.3, 0.4) is 0 Å². The number of anilines is 3. The number of aromatic nitrogens is 2. The first-order valence-electron chi connectivity index (χ1n) is 9.60. The lowest BCUT2D eigenvalue weighted by Crippen LogP contribution is -2.35. The van der Waals surface area contributed by atoms with Gasteiger partial charge in [0.1, 0.15) is 11.4 Å². The molecule has 158 valence electrons. The third-order valence-electron chi connectivity index (χ3n) is 5.43. The summed E-state index contributed by atoms with van der Waals surface area (Å²) in [5, 5.41) is 12.1. The monoisotopic (exact) mass is 409 g/mol. The Morgan fingerprint density at radius 1 is 1.21 bits per heavy atom. The summed E-state index contributed by atoms with van der Waals surface area (Å²) >= 11 is 0. The zero-order valence-electron chi connectivity index (χ0n) is 16.6. The topological polar surface area (TPSA) is 87.3 Å². The van der Waals surface area contributed by atoms with E-state index in [0.29, 0.717) is 18.7 Å². The fourth-order valence-corrected chi connectivity index (χ4v) is 3.82. The Kier molecular flexibility index (Phi) is 6.28. The zero-order chi connectivity index (χ0) is 21.2. The fourth-order valence-electron chi connectivity index (χ4n) is 3.82. The smallest absolute Gasteiger partial charge is 0.395 e. The van der Waals surface area contributed by atoms with Crippen LogP contribution in [0.4, 0.5) is 30.6 Å². The minimum absolute atomic E-state index is 0.0306. The van der Waals surface area contributed by atoms with Crippen molar-refractivity contribution in [3.8, 4) is 0 Å². The molecule has 0 saturated carbocycles. The number of alkyl halides is 3. The number of β-amino-alcohol motifs (C(OH)–C–C–N with tert-alkyl or cyclic N) is 1. The molecule has 6 nitrogen and oxygen atoms in total. The lowest BCUT2D eigenvalue weighted by atomic mass is 9.85. The maximum absolute atomic E-state index is 12.8. The molecule has 0 radical (unpaired) electrons. The lowest BCUT2D eigenvalue weighted by Gasteiger charge is -2.32. The number of hydrogen-bond donors (Lipinski definition) is 3. The molecule has 3 rings (SSSR count). The van der Waals surface area contributed by atoms with Crippen LogP contribution in [0, 0.1) is 13.8 Å². The Morgan fingerprint density at radius 2 is 1.90 bits per heavy atom. The van der Waals surface area contributed by atoms with Gasteiger partial charge in [-0.1, -0.05) is 6.07 Å². The van der Waals surface area contributed by atoms with Crippen molar-refractivity contribution < 1.29 is 18.3 Å². The van der Waals surface area contributed by atoms with Crippen LogP contribution in [0.2, 0.25) is 0 Å². The molecule has 1 aliphatic rings. The van der Waals surface area contributed by atoms with Crippen molar-refractivity contribution in [2.45, 2.75) is 38.8 Å². The van der Waals surface area contributed by atoms with Gasteiger partial charge in [-0.05, 0) is 68.5 Å². The Labute approximate surface area is 168 Å². The molecule has 2 heterocycles. The van der Waals surface area contributed by atoms with Gasteiger partial charge in [0, 0.05) is 18.4 Å². The van der Waals surface area contributed by atoms with Crippen LogP contribution in [-0.2, 0) is 6.18 Å². The van der Waals surface area contributed by atoms with Crippen molar-refractivity contribution in [2.24, 2.45) is 0 Å². The average Bonchev–Trinajstić information content (AvgIpc) is 2.64. The maximum atomic E-state index is 12.8. The SMILES string of the molecule is Cc1cc(C2CCN(CCO)CC2)c(C)cc1Nc1ncc(C(F)(F)F)c(N)n1. The minimum Gasteiger partial charge on any atom is -0.395 e. The molecule has 0 spiro atoms. The maximum Gasteiger partial charge on any atom is 0.421 e. The molecule has 0 bridgehead atoms. The van der Waals surface area contributed by atoms with Crippen molar-refractivity contribution in [2.75, 3.05) is 37.3 Å². The first-order chi connectivity index (χ1) is 13.7. The van der Waals surface area contributed by atoms with Crippen LogP contribution >= 0.6 is 0 Å². The normalized spacial score (nSPS) is 16.2. The summed E-state index contributed by atoms with van der Waals surface area (Å²) < 4.78 is 38.5. The van der Waals surface area contributed by atoms with E-state index in [2.05, 4.69) is 26.3 Å². The van der Waals surface area contributed by atoms with Gasteiger partial charge < -0.3 is 21.1 Å². The third-order valence-corrected chi connectivity index (χ3v) is 5.43. The van der Waals surface area contributed by atoms with Crippen molar-refractivity contribution >= 4 is 17.5 Å². The predicted octanol–water partition coefficient (Wildman–Crippen LogP) is 3.61. The van der Waals surface area contributed by atoms with Gasteiger partial charge in [-0.2, -0.15) is 18.2 Å². The Bertz CT molecular complexity index is 864. The fraction of sp³-hybridized carbons (Fsp3) is 0.500. The number of nitrogens with zero attached hydrogens (tertiary/aromatic N) is 3. The van der Waals surface area contributed by atoms with Crippen LogP contribution in [0.25, 0.3) is 0 Å². The van der Waals surface area contributed by atoms with E-state index in [1.54, 1.807) is 0 Å². The molecule has 0 amide bonds. The number of likely N-dealkylation sites (tertiary alicyclic amines) is 1. The Morgan fingerprint density at radius 3 is 2.48 bits per heavy atom.